The van der Waals surface area contributed by atoms with E-state index in [-0.39, 0.29) is 5.88 Å². The molecule has 0 saturated heterocycles. The number of hydrogen-bond donors (Lipinski definition) is 2. The Hall–Kier alpha value is -2.63. The van der Waals surface area contributed by atoms with Gasteiger partial charge in [-0.15, -0.1) is 0 Å². The SMILES string of the molecule is Nc1cc(Nc2nccn3c(-c4cnn(CI)c4)cnc23)no1. The van der Waals surface area contributed by atoms with Crippen molar-refractivity contribution < 1.29 is 4.52 Å². The van der Waals surface area contributed by atoms with E-state index in [4.69, 9.17) is 10.3 Å². The molecule has 0 unspecified atom stereocenters. The first-order chi connectivity index (χ1) is 11.2. The van der Waals surface area contributed by atoms with E-state index in [1.54, 1.807) is 18.5 Å². The number of halogens is 1. The van der Waals surface area contributed by atoms with Gasteiger partial charge in [-0.1, -0.05) is 27.7 Å². The fourth-order valence-corrected chi connectivity index (χ4v) is 2.62. The number of nitrogens with one attached hydrogen (secondary N) is 1. The highest BCUT2D eigenvalue weighted by Gasteiger charge is 2.13. The number of aromatic nitrogens is 6. The number of hydrogen-bond acceptors (Lipinski definition) is 7. The van der Waals surface area contributed by atoms with Gasteiger partial charge in [-0.25, -0.2) is 9.97 Å². The van der Waals surface area contributed by atoms with Gasteiger partial charge in [0.15, 0.2) is 17.3 Å². The number of nitrogens with zero attached hydrogens (tertiary/aromatic N) is 6. The fourth-order valence-electron chi connectivity index (χ4n) is 2.25. The minimum absolute atomic E-state index is 0.231. The van der Waals surface area contributed by atoms with Crippen LogP contribution in [0.4, 0.5) is 17.5 Å². The summed E-state index contributed by atoms with van der Waals surface area (Å²) in [5, 5.41) is 11.1. The Bertz CT molecular complexity index is 971. The molecular weight excluding hydrogens is 411 g/mol. The Balaban J connectivity index is 1.76. The van der Waals surface area contributed by atoms with Gasteiger partial charge in [0.1, 0.15) is 0 Å². The van der Waals surface area contributed by atoms with Crippen LogP contribution in [0.1, 0.15) is 0 Å². The maximum absolute atomic E-state index is 5.52. The first-order valence-electron chi connectivity index (χ1n) is 6.64. The van der Waals surface area contributed by atoms with E-state index in [9.17, 15) is 0 Å². The summed E-state index contributed by atoms with van der Waals surface area (Å²) >= 11 is 2.25. The van der Waals surface area contributed by atoms with Gasteiger partial charge in [0.05, 0.1) is 22.6 Å². The molecule has 0 radical (unpaired) electrons. The Labute approximate surface area is 143 Å². The van der Waals surface area contributed by atoms with Crippen LogP contribution in [-0.2, 0) is 4.55 Å². The zero-order chi connectivity index (χ0) is 15.8. The monoisotopic (exact) mass is 422 g/mol. The third-order valence-electron chi connectivity index (χ3n) is 3.25. The summed E-state index contributed by atoms with van der Waals surface area (Å²) in [4.78, 5) is 8.74. The van der Waals surface area contributed by atoms with Crippen molar-refractivity contribution in [1.82, 2.24) is 29.3 Å². The lowest BCUT2D eigenvalue weighted by Gasteiger charge is -2.04. The molecule has 0 fully saturated rings. The molecule has 23 heavy (non-hydrogen) atoms. The van der Waals surface area contributed by atoms with Crippen molar-refractivity contribution in [2.75, 3.05) is 11.1 Å². The molecule has 0 aliphatic heterocycles. The van der Waals surface area contributed by atoms with Gasteiger partial charge in [-0.3, -0.25) is 9.08 Å². The molecule has 0 amide bonds. The molecule has 10 heteroatoms. The van der Waals surface area contributed by atoms with E-state index < -0.39 is 0 Å². The summed E-state index contributed by atoms with van der Waals surface area (Å²) < 4.78 is 9.42. The number of anilines is 3. The van der Waals surface area contributed by atoms with E-state index in [1.807, 2.05) is 27.7 Å². The van der Waals surface area contributed by atoms with Crippen molar-refractivity contribution in [1.29, 1.82) is 0 Å². The molecule has 4 aromatic rings. The van der Waals surface area contributed by atoms with Crippen molar-refractivity contribution >= 4 is 45.8 Å². The average molecular weight is 422 g/mol. The van der Waals surface area contributed by atoms with Crippen LogP contribution in [0.5, 0.6) is 0 Å². The Morgan fingerprint density at radius 1 is 1.30 bits per heavy atom. The van der Waals surface area contributed by atoms with Crippen molar-refractivity contribution in [3.63, 3.8) is 0 Å². The van der Waals surface area contributed by atoms with Gasteiger partial charge in [0.25, 0.3) is 0 Å². The van der Waals surface area contributed by atoms with Crippen LogP contribution >= 0.6 is 22.6 Å². The van der Waals surface area contributed by atoms with E-state index in [0.29, 0.717) is 17.3 Å². The molecule has 3 N–H and O–H groups in total. The highest BCUT2D eigenvalue weighted by atomic mass is 127. The lowest BCUT2D eigenvalue weighted by molar-refractivity contribution is 0.440. The molecule has 4 rings (SSSR count). The van der Waals surface area contributed by atoms with Gasteiger partial charge in [-0.2, -0.15) is 5.10 Å². The second-order valence-corrected chi connectivity index (χ2v) is 5.42. The molecule has 0 aromatic carbocycles. The number of alkyl halides is 1. The number of fused-ring (bicyclic) bond motifs is 1. The third kappa shape index (κ3) is 2.50. The molecule has 0 aliphatic rings. The number of nitrogens with two attached hydrogens (primary N) is 1. The first-order valence-corrected chi connectivity index (χ1v) is 8.17. The minimum atomic E-state index is 0.231. The number of imidazole rings is 1. The fraction of sp³-hybridized carbons (Fsp3) is 0.0769. The van der Waals surface area contributed by atoms with E-state index in [2.05, 4.69) is 48.1 Å². The topological polar surface area (TPSA) is 112 Å². The van der Waals surface area contributed by atoms with Crippen LogP contribution in [0, 0.1) is 0 Å². The van der Waals surface area contributed by atoms with Crippen LogP contribution in [0.3, 0.4) is 0 Å². The summed E-state index contributed by atoms with van der Waals surface area (Å²) in [6.07, 6.45) is 9.11. The quantitative estimate of drug-likeness (QED) is 0.383. The second kappa shape index (κ2) is 5.53. The van der Waals surface area contributed by atoms with Crippen LogP contribution in [0.15, 0.2) is 41.6 Å². The molecule has 116 valence electrons. The zero-order valence-corrected chi connectivity index (χ0v) is 13.9. The molecule has 0 atom stereocenters. The van der Waals surface area contributed by atoms with Gasteiger partial charge >= 0.3 is 0 Å². The molecule has 9 nitrogen and oxygen atoms in total. The lowest BCUT2D eigenvalue weighted by atomic mass is 10.3. The maximum Gasteiger partial charge on any atom is 0.224 e. The second-order valence-electron chi connectivity index (χ2n) is 4.74. The van der Waals surface area contributed by atoms with Crippen LogP contribution in [0.25, 0.3) is 16.9 Å². The van der Waals surface area contributed by atoms with E-state index >= 15 is 0 Å². The van der Waals surface area contributed by atoms with Crippen molar-refractivity contribution in [2.24, 2.45) is 0 Å². The highest BCUT2D eigenvalue weighted by molar-refractivity contribution is 14.1. The summed E-state index contributed by atoms with van der Waals surface area (Å²) in [5.74, 6) is 1.27. The van der Waals surface area contributed by atoms with Gasteiger partial charge in [0, 0.05) is 30.2 Å². The molecule has 4 aromatic heterocycles. The molecule has 0 aliphatic carbocycles. The van der Waals surface area contributed by atoms with Crippen LogP contribution < -0.4 is 11.1 Å². The van der Waals surface area contributed by atoms with E-state index in [0.717, 1.165) is 15.8 Å². The van der Waals surface area contributed by atoms with Crippen LogP contribution in [-0.4, -0.2) is 29.3 Å². The summed E-state index contributed by atoms with van der Waals surface area (Å²) in [5.41, 5.74) is 8.11. The normalized spacial score (nSPS) is 11.2. The van der Waals surface area contributed by atoms with Crippen molar-refractivity contribution in [3.8, 4) is 11.3 Å². The third-order valence-corrected chi connectivity index (χ3v) is 3.95. The predicted molar refractivity (Wildman–Crippen MR) is 92.4 cm³/mol. The molecule has 0 bridgehead atoms. The summed E-state index contributed by atoms with van der Waals surface area (Å²) in [6, 6.07) is 1.58. The summed E-state index contributed by atoms with van der Waals surface area (Å²) in [7, 11) is 0. The highest BCUT2D eigenvalue weighted by Crippen LogP contribution is 2.25. The van der Waals surface area contributed by atoms with Gasteiger partial charge < -0.3 is 15.6 Å². The standard InChI is InChI=1S/C13H11IN8O/c14-7-21-6-8(4-18-21)9-5-17-13-12(16-1-2-22(9)13)19-11-3-10(15)23-20-11/h1-6H,7,15H2,(H,16,19,20). The maximum atomic E-state index is 5.52. The molecular formula is C13H11IN8O. The first kappa shape index (κ1) is 14.0. The predicted octanol–water partition coefficient (Wildman–Crippen LogP) is 2.30. The number of rotatable bonds is 4. The van der Waals surface area contributed by atoms with Gasteiger partial charge in [0.2, 0.25) is 5.88 Å². The Morgan fingerprint density at radius 3 is 2.96 bits per heavy atom. The smallest absolute Gasteiger partial charge is 0.224 e. The van der Waals surface area contributed by atoms with Crippen molar-refractivity contribution in [3.05, 3.63) is 37.1 Å². The lowest BCUT2D eigenvalue weighted by Crippen LogP contribution is -1.98. The molecule has 0 saturated carbocycles. The summed E-state index contributed by atoms with van der Waals surface area (Å²) in [6.45, 7) is 0. The minimum Gasteiger partial charge on any atom is -0.368 e. The van der Waals surface area contributed by atoms with Crippen LogP contribution in [0.2, 0.25) is 0 Å². The zero-order valence-electron chi connectivity index (χ0n) is 11.7. The Morgan fingerprint density at radius 2 is 2.22 bits per heavy atom. The van der Waals surface area contributed by atoms with Gasteiger partial charge in [-0.05, 0) is 0 Å². The average Bonchev–Trinajstić information content (AvgIpc) is 3.26. The number of nitrogen functional groups attached to an aromatic ring is 1. The van der Waals surface area contributed by atoms with E-state index in [1.165, 1.54) is 0 Å². The Kier molecular flexibility index (Phi) is 3.37. The van der Waals surface area contributed by atoms with Crippen molar-refractivity contribution in [2.45, 2.75) is 4.55 Å². The molecule has 4 heterocycles. The largest absolute Gasteiger partial charge is 0.368 e. The molecule has 0 spiro atoms.